The van der Waals surface area contributed by atoms with Crippen LogP contribution >= 0.6 is 0 Å². The van der Waals surface area contributed by atoms with Crippen LogP contribution in [-0.4, -0.2) is 30.1 Å². The van der Waals surface area contributed by atoms with Crippen LogP contribution in [0.4, 0.5) is 5.82 Å². The Morgan fingerprint density at radius 3 is 2.54 bits per heavy atom. The van der Waals surface area contributed by atoms with E-state index < -0.39 is 0 Å². The third-order valence-electron chi connectivity index (χ3n) is 5.35. The molecule has 0 unspecified atom stereocenters. The highest BCUT2D eigenvalue weighted by Gasteiger charge is 2.22. The molecule has 5 heteroatoms. The van der Waals surface area contributed by atoms with Crippen LogP contribution in [0.1, 0.15) is 41.6 Å². The van der Waals surface area contributed by atoms with Gasteiger partial charge in [0.2, 0.25) is 0 Å². The molecule has 1 saturated heterocycles. The van der Waals surface area contributed by atoms with Crippen molar-refractivity contribution in [2.75, 3.05) is 25.0 Å². The SMILES string of the molecule is Cc1c(C#N)c(NC(=O)C[NH+]2CCCCC2)n(Cc2ccccc2)c1C. The highest BCUT2D eigenvalue weighted by Crippen LogP contribution is 2.27. The van der Waals surface area contributed by atoms with Gasteiger partial charge in [0.1, 0.15) is 11.9 Å². The second-order valence-electron chi connectivity index (χ2n) is 7.15. The predicted octanol–water partition coefficient (Wildman–Crippen LogP) is 2.03. The number of benzene rings is 1. The summed E-state index contributed by atoms with van der Waals surface area (Å²) in [5.74, 6) is 0.623. The number of amides is 1. The number of aromatic nitrogens is 1. The molecule has 1 aliphatic rings. The third kappa shape index (κ3) is 3.97. The van der Waals surface area contributed by atoms with E-state index in [4.69, 9.17) is 0 Å². The number of nitrogens with zero attached hydrogens (tertiary/aromatic N) is 2. The van der Waals surface area contributed by atoms with Crippen LogP contribution in [0.5, 0.6) is 0 Å². The van der Waals surface area contributed by atoms with Crippen molar-refractivity contribution < 1.29 is 9.69 Å². The van der Waals surface area contributed by atoms with E-state index >= 15 is 0 Å². The molecule has 26 heavy (non-hydrogen) atoms. The molecule has 1 aromatic carbocycles. The summed E-state index contributed by atoms with van der Waals surface area (Å²) in [5.41, 5.74) is 3.67. The van der Waals surface area contributed by atoms with Gasteiger partial charge in [-0.15, -0.1) is 0 Å². The summed E-state index contributed by atoms with van der Waals surface area (Å²) in [6.45, 7) is 7.18. The van der Waals surface area contributed by atoms with Crippen LogP contribution in [-0.2, 0) is 11.3 Å². The number of carbonyl (C=O) groups is 1. The molecule has 2 N–H and O–H groups in total. The van der Waals surface area contributed by atoms with Crippen molar-refractivity contribution in [2.24, 2.45) is 0 Å². The predicted molar refractivity (Wildman–Crippen MR) is 102 cm³/mol. The van der Waals surface area contributed by atoms with Gasteiger partial charge in [-0.1, -0.05) is 30.3 Å². The van der Waals surface area contributed by atoms with E-state index in [1.165, 1.54) is 24.2 Å². The fourth-order valence-electron chi connectivity index (χ4n) is 3.73. The molecule has 0 saturated carbocycles. The maximum Gasteiger partial charge on any atom is 0.280 e. The molecular formula is C21H27N4O+. The number of hydrogen-bond donors (Lipinski definition) is 2. The number of carbonyl (C=O) groups excluding carboxylic acids is 1. The van der Waals surface area contributed by atoms with E-state index in [1.54, 1.807) is 0 Å². The number of anilines is 1. The minimum Gasteiger partial charge on any atom is -0.327 e. The first-order chi connectivity index (χ1) is 12.6. The molecule has 1 aromatic heterocycles. The Morgan fingerprint density at radius 2 is 1.88 bits per heavy atom. The van der Waals surface area contributed by atoms with Crippen molar-refractivity contribution >= 4 is 11.7 Å². The molecule has 0 bridgehead atoms. The first-order valence-electron chi connectivity index (χ1n) is 9.37. The normalized spacial score (nSPS) is 14.8. The zero-order chi connectivity index (χ0) is 18.5. The van der Waals surface area contributed by atoms with Crippen LogP contribution in [0.25, 0.3) is 0 Å². The molecule has 2 aromatic rings. The second-order valence-corrected chi connectivity index (χ2v) is 7.15. The first-order valence-corrected chi connectivity index (χ1v) is 9.37. The molecular weight excluding hydrogens is 324 g/mol. The number of quaternary nitrogens is 1. The lowest BCUT2D eigenvalue weighted by Crippen LogP contribution is -3.13. The highest BCUT2D eigenvalue weighted by molar-refractivity contribution is 5.92. The van der Waals surface area contributed by atoms with Gasteiger partial charge in [-0.25, -0.2) is 0 Å². The molecule has 136 valence electrons. The summed E-state index contributed by atoms with van der Waals surface area (Å²) in [5, 5.41) is 12.7. The molecule has 2 heterocycles. The number of hydrogen-bond acceptors (Lipinski definition) is 2. The Hall–Kier alpha value is -2.58. The largest absolute Gasteiger partial charge is 0.327 e. The molecule has 0 radical (unpaired) electrons. The van der Waals surface area contributed by atoms with Gasteiger partial charge in [0.05, 0.1) is 18.7 Å². The van der Waals surface area contributed by atoms with Crippen molar-refractivity contribution in [3.8, 4) is 6.07 Å². The molecule has 1 aliphatic heterocycles. The Bertz CT molecular complexity index is 811. The highest BCUT2D eigenvalue weighted by atomic mass is 16.2. The van der Waals surface area contributed by atoms with Gasteiger partial charge in [-0.3, -0.25) is 4.79 Å². The van der Waals surface area contributed by atoms with Crippen LogP contribution < -0.4 is 10.2 Å². The minimum absolute atomic E-state index is 0.00906. The van der Waals surface area contributed by atoms with Crippen LogP contribution in [0, 0.1) is 25.2 Å². The van der Waals surface area contributed by atoms with Gasteiger partial charge in [0.15, 0.2) is 6.54 Å². The Morgan fingerprint density at radius 1 is 1.19 bits per heavy atom. The summed E-state index contributed by atoms with van der Waals surface area (Å²) in [6.07, 6.45) is 3.64. The Kier molecular flexibility index (Phi) is 5.75. The standard InChI is InChI=1S/C21H26N4O/c1-16-17(2)25(14-18-9-5-3-6-10-18)21(19(16)13-22)23-20(26)15-24-11-7-4-8-12-24/h3,5-6,9-10H,4,7-8,11-12,14-15H2,1-2H3,(H,23,26)/p+1. The lowest BCUT2D eigenvalue weighted by atomic mass is 10.1. The smallest absolute Gasteiger partial charge is 0.280 e. The average molecular weight is 351 g/mol. The fourth-order valence-corrected chi connectivity index (χ4v) is 3.73. The zero-order valence-electron chi connectivity index (χ0n) is 15.6. The van der Waals surface area contributed by atoms with Gasteiger partial charge < -0.3 is 14.8 Å². The van der Waals surface area contributed by atoms with Gasteiger partial charge in [0.25, 0.3) is 5.91 Å². The van der Waals surface area contributed by atoms with E-state index in [0.717, 1.165) is 29.9 Å². The summed E-state index contributed by atoms with van der Waals surface area (Å²) in [7, 11) is 0. The summed E-state index contributed by atoms with van der Waals surface area (Å²) < 4.78 is 2.05. The summed E-state index contributed by atoms with van der Waals surface area (Å²) in [4.78, 5) is 14.0. The van der Waals surface area contributed by atoms with E-state index in [-0.39, 0.29) is 5.91 Å². The summed E-state index contributed by atoms with van der Waals surface area (Å²) in [6, 6.07) is 12.4. The summed E-state index contributed by atoms with van der Waals surface area (Å²) >= 11 is 0. The molecule has 3 rings (SSSR count). The van der Waals surface area contributed by atoms with Crippen LogP contribution in [0.15, 0.2) is 30.3 Å². The quantitative estimate of drug-likeness (QED) is 0.866. The zero-order valence-corrected chi connectivity index (χ0v) is 15.6. The van der Waals surface area contributed by atoms with Gasteiger partial charge in [-0.05, 0) is 44.2 Å². The fraction of sp³-hybridized carbons (Fsp3) is 0.429. The van der Waals surface area contributed by atoms with Gasteiger partial charge >= 0.3 is 0 Å². The Labute approximate surface area is 155 Å². The van der Waals surface area contributed by atoms with Crippen molar-refractivity contribution in [1.29, 1.82) is 5.26 Å². The maximum absolute atomic E-state index is 12.6. The second kappa shape index (κ2) is 8.20. The number of nitriles is 1. The molecule has 5 nitrogen and oxygen atoms in total. The molecule has 0 atom stereocenters. The number of rotatable bonds is 5. The van der Waals surface area contributed by atoms with E-state index in [2.05, 4.69) is 23.5 Å². The molecule has 0 spiro atoms. The van der Waals surface area contributed by atoms with Crippen molar-refractivity contribution in [2.45, 2.75) is 39.7 Å². The molecule has 0 aliphatic carbocycles. The molecule has 1 amide bonds. The van der Waals surface area contributed by atoms with E-state index in [1.807, 2.05) is 36.6 Å². The average Bonchev–Trinajstić information content (AvgIpc) is 2.87. The van der Waals surface area contributed by atoms with Crippen molar-refractivity contribution in [3.05, 3.63) is 52.7 Å². The van der Waals surface area contributed by atoms with Gasteiger partial charge in [-0.2, -0.15) is 5.26 Å². The first kappa shape index (κ1) is 18.2. The number of piperidine rings is 1. The van der Waals surface area contributed by atoms with Crippen molar-refractivity contribution in [1.82, 2.24) is 4.57 Å². The number of nitrogens with one attached hydrogen (secondary N) is 2. The topological polar surface area (TPSA) is 62.3 Å². The van der Waals surface area contributed by atoms with E-state index in [9.17, 15) is 10.1 Å². The molecule has 1 fully saturated rings. The van der Waals surface area contributed by atoms with Crippen LogP contribution in [0.3, 0.4) is 0 Å². The van der Waals surface area contributed by atoms with Gasteiger partial charge in [0, 0.05) is 12.2 Å². The van der Waals surface area contributed by atoms with Crippen LogP contribution in [0.2, 0.25) is 0 Å². The third-order valence-corrected chi connectivity index (χ3v) is 5.35. The maximum atomic E-state index is 12.6. The Balaban J connectivity index is 1.83. The van der Waals surface area contributed by atoms with Crippen molar-refractivity contribution in [3.63, 3.8) is 0 Å². The number of likely N-dealkylation sites (tertiary alicyclic amines) is 1. The lowest BCUT2D eigenvalue weighted by molar-refractivity contribution is -0.896. The monoisotopic (exact) mass is 351 g/mol. The minimum atomic E-state index is -0.00906. The van der Waals surface area contributed by atoms with E-state index in [0.29, 0.717) is 24.5 Å². The lowest BCUT2D eigenvalue weighted by Gasteiger charge is -2.23.